The van der Waals surface area contributed by atoms with Crippen LogP contribution in [0.15, 0.2) is 90.7 Å². The van der Waals surface area contributed by atoms with Gasteiger partial charge in [0, 0.05) is 28.7 Å². The average Bonchev–Trinajstić information content (AvgIpc) is 3.46. The molecule has 0 saturated carbocycles. The van der Waals surface area contributed by atoms with Crippen molar-refractivity contribution in [1.82, 2.24) is 0 Å². The van der Waals surface area contributed by atoms with Crippen LogP contribution < -0.4 is 0 Å². The van der Waals surface area contributed by atoms with Gasteiger partial charge in [0.15, 0.2) is 0 Å². The Hall–Kier alpha value is -1.20. The number of benzene rings is 4. The fourth-order valence-electron chi connectivity index (χ4n) is 8.93. The van der Waals surface area contributed by atoms with Crippen LogP contribution in [0.5, 0.6) is 0 Å². The third-order valence-electron chi connectivity index (χ3n) is 10.9. The van der Waals surface area contributed by atoms with Gasteiger partial charge in [0.2, 0.25) is 0 Å². The number of rotatable bonds is 15. The van der Waals surface area contributed by atoms with Crippen molar-refractivity contribution in [2.45, 2.75) is 115 Å². The molecule has 4 aromatic rings. The molecule has 0 radical (unpaired) electrons. The largest absolute Gasteiger partial charge is 0.0654 e. The van der Waals surface area contributed by atoms with Crippen LogP contribution in [-0.2, 0) is 10.8 Å². The molecule has 4 heteroatoms. The van der Waals surface area contributed by atoms with Crippen molar-refractivity contribution in [3.8, 4) is 22.3 Å². The van der Waals surface area contributed by atoms with Gasteiger partial charge in [-0.3, -0.25) is 0 Å². The second kappa shape index (κ2) is 15.1. The summed E-state index contributed by atoms with van der Waals surface area (Å²) in [6.45, 7) is 4.63. The molecule has 4 aromatic carbocycles. The Morgan fingerprint density at radius 1 is 0.370 bits per heavy atom. The lowest BCUT2D eigenvalue weighted by Crippen LogP contribution is -2.49. The van der Waals surface area contributed by atoms with Gasteiger partial charge in [-0.15, -0.1) is 0 Å². The smallest absolute Gasteiger partial charge is 0.0353 e. The molecule has 0 N–H and O–H groups in total. The summed E-state index contributed by atoms with van der Waals surface area (Å²) in [5, 5.41) is 0. The van der Waals surface area contributed by atoms with E-state index >= 15 is 0 Å². The molecule has 6 rings (SSSR count). The molecule has 0 atom stereocenters. The third kappa shape index (κ3) is 6.20. The normalized spacial score (nSPS) is 15.0. The molecule has 0 saturated heterocycles. The summed E-state index contributed by atoms with van der Waals surface area (Å²) >= 11 is 15.9. The predicted octanol–water partition coefficient (Wildman–Crippen LogP) is 15.5. The Bertz CT molecular complexity index is 1460. The van der Waals surface area contributed by atoms with Gasteiger partial charge in [-0.25, -0.2) is 0 Å². The highest BCUT2D eigenvalue weighted by atomic mass is 79.9. The Morgan fingerprint density at radius 3 is 0.913 bits per heavy atom. The maximum atomic E-state index is 3.96. The van der Waals surface area contributed by atoms with Crippen LogP contribution >= 0.6 is 63.7 Å². The summed E-state index contributed by atoms with van der Waals surface area (Å²) in [5.74, 6) is 0. The lowest BCUT2D eigenvalue weighted by Gasteiger charge is -2.50. The lowest BCUT2D eigenvalue weighted by molar-refractivity contribution is 0.263. The van der Waals surface area contributed by atoms with Crippen LogP contribution in [0.1, 0.15) is 126 Å². The summed E-state index contributed by atoms with van der Waals surface area (Å²) in [7, 11) is 0. The molecular formula is C42H46Br4. The molecule has 2 aliphatic carbocycles. The van der Waals surface area contributed by atoms with Gasteiger partial charge in [0.05, 0.1) is 0 Å². The summed E-state index contributed by atoms with van der Waals surface area (Å²) in [6.07, 6.45) is 17.8. The molecule has 0 amide bonds. The standard InChI is InChI=1S/C42H46Br4/c1-3-5-7-9-11-13-23-41(37-25-29(43)15-19-33(37)34-20-16-30(44)26-38(34)41)42(24-14-12-10-8-6-4-2)39-27-31(45)17-21-35(39)36-22-18-32(46)28-40(36)42/h15-22,25-28H,3-14,23-24H2,1-2H3. The quantitative estimate of drug-likeness (QED) is 0.104. The molecule has 2 aliphatic rings. The van der Waals surface area contributed by atoms with E-state index in [-0.39, 0.29) is 10.8 Å². The Balaban J connectivity index is 1.64. The number of hydrogen-bond donors (Lipinski definition) is 0. The van der Waals surface area contributed by atoms with E-state index in [1.54, 1.807) is 0 Å². The van der Waals surface area contributed by atoms with E-state index in [4.69, 9.17) is 0 Å². The summed E-state index contributed by atoms with van der Waals surface area (Å²) in [6, 6.07) is 28.4. The van der Waals surface area contributed by atoms with E-state index < -0.39 is 0 Å². The van der Waals surface area contributed by atoms with Crippen molar-refractivity contribution >= 4 is 63.7 Å². The lowest BCUT2D eigenvalue weighted by atomic mass is 9.51. The zero-order valence-corrected chi connectivity index (χ0v) is 33.7. The molecule has 0 unspecified atom stereocenters. The van der Waals surface area contributed by atoms with Crippen LogP contribution in [0.4, 0.5) is 0 Å². The molecule has 0 bridgehead atoms. The number of hydrogen-bond acceptors (Lipinski definition) is 0. The van der Waals surface area contributed by atoms with Gasteiger partial charge >= 0.3 is 0 Å². The molecule has 46 heavy (non-hydrogen) atoms. The van der Waals surface area contributed by atoms with Crippen LogP contribution in [0, 0.1) is 0 Å². The van der Waals surface area contributed by atoms with Crippen LogP contribution in [0.3, 0.4) is 0 Å². The first kappa shape index (κ1) is 34.7. The van der Waals surface area contributed by atoms with Gasteiger partial charge in [-0.05, 0) is 106 Å². The van der Waals surface area contributed by atoms with Crippen LogP contribution in [0.25, 0.3) is 22.3 Å². The molecule has 0 nitrogen and oxygen atoms in total. The Morgan fingerprint density at radius 2 is 0.630 bits per heavy atom. The summed E-state index contributed by atoms with van der Waals surface area (Å²) in [4.78, 5) is 0. The molecule has 0 fully saturated rings. The zero-order chi connectivity index (χ0) is 32.3. The number of unbranched alkanes of at least 4 members (excludes halogenated alkanes) is 10. The van der Waals surface area contributed by atoms with Gasteiger partial charge in [-0.1, -0.05) is 179 Å². The molecule has 0 aromatic heterocycles. The maximum Gasteiger partial charge on any atom is 0.0353 e. The topological polar surface area (TPSA) is 0 Å². The van der Waals surface area contributed by atoms with E-state index in [1.165, 1.54) is 139 Å². The number of fused-ring (bicyclic) bond motifs is 6. The highest BCUT2D eigenvalue weighted by Crippen LogP contribution is 2.69. The SMILES string of the molecule is CCCCCCCCC1(C2(CCCCCCCC)c3cc(Br)ccc3-c3ccc(Br)cc32)c2cc(Br)ccc2-c2ccc(Br)cc21. The van der Waals surface area contributed by atoms with Crippen molar-refractivity contribution in [3.63, 3.8) is 0 Å². The van der Waals surface area contributed by atoms with E-state index in [0.29, 0.717) is 0 Å². The van der Waals surface area contributed by atoms with Crippen molar-refractivity contribution in [1.29, 1.82) is 0 Å². The number of halogens is 4. The van der Waals surface area contributed by atoms with Crippen LogP contribution in [-0.4, -0.2) is 0 Å². The van der Waals surface area contributed by atoms with Crippen molar-refractivity contribution in [3.05, 3.63) is 113 Å². The second-order valence-electron chi connectivity index (χ2n) is 13.6. The first-order chi connectivity index (χ1) is 22.4. The highest BCUT2D eigenvalue weighted by Gasteiger charge is 2.61. The molecule has 242 valence electrons. The zero-order valence-electron chi connectivity index (χ0n) is 27.3. The van der Waals surface area contributed by atoms with E-state index in [9.17, 15) is 0 Å². The second-order valence-corrected chi connectivity index (χ2v) is 17.3. The molecular weight excluding hydrogens is 824 g/mol. The Kier molecular flexibility index (Phi) is 11.4. The minimum Gasteiger partial charge on any atom is -0.0654 e. The summed E-state index contributed by atoms with van der Waals surface area (Å²) < 4.78 is 4.67. The third-order valence-corrected chi connectivity index (χ3v) is 12.9. The van der Waals surface area contributed by atoms with Crippen LogP contribution in [0.2, 0.25) is 0 Å². The first-order valence-electron chi connectivity index (χ1n) is 17.6. The van der Waals surface area contributed by atoms with Crippen molar-refractivity contribution in [2.75, 3.05) is 0 Å². The first-order valence-corrected chi connectivity index (χ1v) is 20.8. The van der Waals surface area contributed by atoms with E-state index in [0.717, 1.165) is 12.8 Å². The maximum absolute atomic E-state index is 3.96. The van der Waals surface area contributed by atoms with Gasteiger partial charge < -0.3 is 0 Å². The minimum atomic E-state index is -0.221. The molecule has 0 aliphatic heterocycles. The summed E-state index contributed by atoms with van der Waals surface area (Å²) in [5.41, 5.74) is 11.1. The van der Waals surface area contributed by atoms with Gasteiger partial charge in [0.1, 0.15) is 0 Å². The minimum absolute atomic E-state index is 0.221. The van der Waals surface area contributed by atoms with E-state index in [2.05, 4.69) is 150 Å². The van der Waals surface area contributed by atoms with Gasteiger partial charge in [-0.2, -0.15) is 0 Å². The highest BCUT2D eigenvalue weighted by molar-refractivity contribution is 9.11. The molecule has 0 heterocycles. The monoisotopic (exact) mass is 866 g/mol. The average molecular weight is 870 g/mol. The fraction of sp³-hybridized carbons (Fsp3) is 0.429. The van der Waals surface area contributed by atoms with Crippen molar-refractivity contribution in [2.24, 2.45) is 0 Å². The fourth-order valence-corrected chi connectivity index (χ4v) is 10.4. The van der Waals surface area contributed by atoms with Crippen molar-refractivity contribution < 1.29 is 0 Å². The molecule has 0 spiro atoms. The van der Waals surface area contributed by atoms with Gasteiger partial charge in [0.25, 0.3) is 0 Å². The predicted molar refractivity (Wildman–Crippen MR) is 212 cm³/mol. The van der Waals surface area contributed by atoms with E-state index in [1.807, 2.05) is 0 Å². The Labute approximate surface area is 311 Å².